The van der Waals surface area contributed by atoms with Gasteiger partial charge in [0, 0.05) is 0 Å². The van der Waals surface area contributed by atoms with Gasteiger partial charge >= 0.3 is 0 Å². The standard InChI is InChI=1S/C15H18N4O/c1-4-13-11(8-10(3)18-19-13)15(20)17-14-6-5-9(2)7-12(14)16/h5-8H,4,16H2,1-3H3,(H,17,20). The van der Waals surface area contributed by atoms with Crippen LogP contribution in [0.5, 0.6) is 0 Å². The van der Waals surface area contributed by atoms with Crippen molar-refractivity contribution in [1.29, 1.82) is 0 Å². The quantitative estimate of drug-likeness (QED) is 0.840. The first-order valence-corrected chi connectivity index (χ1v) is 6.52. The van der Waals surface area contributed by atoms with E-state index >= 15 is 0 Å². The smallest absolute Gasteiger partial charge is 0.257 e. The van der Waals surface area contributed by atoms with E-state index < -0.39 is 0 Å². The second-order valence-corrected chi connectivity index (χ2v) is 4.74. The maximum atomic E-state index is 12.3. The summed E-state index contributed by atoms with van der Waals surface area (Å²) < 4.78 is 0. The van der Waals surface area contributed by atoms with E-state index in [1.807, 2.05) is 32.9 Å². The largest absolute Gasteiger partial charge is 0.397 e. The Kier molecular flexibility index (Phi) is 3.98. The maximum Gasteiger partial charge on any atom is 0.257 e. The second-order valence-electron chi connectivity index (χ2n) is 4.74. The van der Waals surface area contributed by atoms with Gasteiger partial charge in [0.25, 0.3) is 5.91 Å². The van der Waals surface area contributed by atoms with Crippen LogP contribution in [-0.4, -0.2) is 16.1 Å². The monoisotopic (exact) mass is 270 g/mol. The van der Waals surface area contributed by atoms with Crippen molar-refractivity contribution in [3.63, 3.8) is 0 Å². The lowest BCUT2D eigenvalue weighted by Crippen LogP contribution is -2.17. The number of anilines is 2. The molecule has 1 aromatic heterocycles. The fourth-order valence-corrected chi connectivity index (χ4v) is 1.96. The zero-order valence-electron chi connectivity index (χ0n) is 11.9. The first-order chi connectivity index (χ1) is 9.51. The van der Waals surface area contributed by atoms with E-state index in [9.17, 15) is 4.79 Å². The molecule has 0 spiro atoms. The van der Waals surface area contributed by atoms with Gasteiger partial charge < -0.3 is 11.1 Å². The molecule has 0 fully saturated rings. The molecular weight excluding hydrogens is 252 g/mol. The highest BCUT2D eigenvalue weighted by Crippen LogP contribution is 2.20. The Balaban J connectivity index is 2.30. The van der Waals surface area contributed by atoms with E-state index in [-0.39, 0.29) is 5.91 Å². The lowest BCUT2D eigenvalue weighted by molar-refractivity contribution is 0.102. The van der Waals surface area contributed by atoms with Crippen molar-refractivity contribution in [2.75, 3.05) is 11.1 Å². The Bertz CT molecular complexity index is 652. The molecule has 3 N–H and O–H groups in total. The number of hydrogen-bond acceptors (Lipinski definition) is 4. The van der Waals surface area contributed by atoms with Crippen LogP contribution in [0, 0.1) is 13.8 Å². The fourth-order valence-electron chi connectivity index (χ4n) is 1.96. The average Bonchev–Trinajstić information content (AvgIpc) is 2.41. The van der Waals surface area contributed by atoms with E-state index in [4.69, 9.17) is 5.73 Å². The van der Waals surface area contributed by atoms with Crippen molar-refractivity contribution in [2.24, 2.45) is 0 Å². The van der Waals surface area contributed by atoms with Crippen molar-refractivity contribution >= 4 is 17.3 Å². The molecule has 0 aliphatic rings. The van der Waals surface area contributed by atoms with Crippen LogP contribution in [0.15, 0.2) is 24.3 Å². The van der Waals surface area contributed by atoms with Crippen LogP contribution in [0.3, 0.4) is 0 Å². The number of nitrogens with two attached hydrogens (primary N) is 1. The molecule has 0 aliphatic carbocycles. The summed E-state index contributed by atoms with van der Waals surface area (Å²) in [6.07, 6.45) is 0.652. The molecule has 2 rings (SSSR count). The van der Waals surface area contributed by atoms with Crippen LogP contribution in [-0.2, 0) is 6.42 Å². The van der Waals surface area contributed by atoms with Crippen LogP contribution < -0.4 is 11.1 Å². The van der Waals surface area contributed by atoms with Crippen molar-refractivity contribution < 1.29 is 4.79 Å². The Morgan fingerprint density at radius 2 is 2.00 bits per heavy atom. The summed E-state index contributed by atoms with van der Waals surface area (Å²) in [6, 6.07) is 7.27. The summed E-state index contributed by atoms with van der Waals surface area (Å²) in [6.45, 7) is 5.70. The number of benzene rings is 1. The van der Waals surface area contributed by atoms with Crippen LogP contribution >= 0.6 is 0 Å². The molecule has 0 bridgehead atoms. The van der Waals surface area contributed by atoms with Crippen molar-refractivity contribution in [3.05, 3.63) is 46.8 Å². The van der Waals surface area contributed by atoms with Gasteiger partial charge in [-0.15, -0.1) is 0 Å². The predicted molar refractivity (Wildman–Crippen MR) is 79.7 cm³/mol. The lowest BCUT2D eigenvalue weighted by atomic mass is 10.1. The van der Waals surface area contributed by atoms with E-state index in [0.717, 1.165) is 5.56 Å². The van der Waals surface area contributed by atoms with Crippen molar-refractivity contribution in [1.82, 2.24) is 10.2 Å². The maximum absolute atomic E-state index is 12.3. The number of nitrogens with one attached hydrogen (secondary N) is 1. The number of hydrogen-bond donors (Lipinski definition) is 2. The molecule has 104 valence electrons. The van der Waals surface area contributed by atoms with Crippen LogP contribution in [0.4, 0.5) is 11.4 Å². The van der Waals surface area contributed by atoms with Gasteiger partial charge in [-0.1, -0.05) is 13.0 Å². The Hall–Kier alpha value is -2.43. The Morgan fingerprint density at radius 3 is 2.65 bits per heavy atom. The van der Waals surface area contributed by atoms with Gasteiger partial charge in [0.15, 0.2) is 0 Å². The minimum Gasteiger partial charge on any atom is -0.397 e. The molecule has 2 aromatic rings. The number of nitrogens with zero attached hydrogens (tertiary/aromatic N) is 2. The van der Waals surface area contributed by atoms with Crippen LogP contribution in [0.25, 0.3) is 0 Å². The normalized spacial score (nSPS) is 10.3. The zero-order valence-corrected chi connectivity index (χ0v) is 11.9. The fraction of sp³-hybridized carbons (Fsp3) is 0.267. The summed E-state index contributed by atoms with van der Waals surface area (Å²) in [7, 11) is 0. The summed E-state index contributed by atoms with van der Waals surface area (Å²) >= 11 is 0. The first kappa shape index (κ1) is 14.0. The minimum atomic E-state index is -0.213. The van der Waals surface area contributed by atoms with E-state index in [1.54, 1.807) is 12.1 Å². The molecule has 0 saturated heterocycles. The predicted octanol–water partition coefficient (Wildman–Crippen LogP) is 2.49. The molecular formula is C15H18N4O. The zero-order chi connectivity index (χ0) is 14.7. The molecule has 20 heavy (non-hydrogen) atoms. The highest BCUT2D eigenvalue weighted by Gasteiger charge is 2.14. The van der Waals surface area contributed by atoms with Gasteiger partial charge in [0.2, 0.25) is 0 Å². The lowest BCUT2D eigenvalue weighted by Gasteiger charge is -2.11. The molecule has 5 nitrogen and oxygen atoms in total. The number of amides is 1. The molecule has 1 heterocycles. The Morgan fingerprint density at radius 1 is 1.25 bits per heavy atom. The number of carbonyl (C=O) groups excluding carboxylic acids is 1. The van der Waals surface area contributed by atoms with Gasteiger partial charge in [-0.3, -0.25) is 4.79 Å². The summed E-state index contributed by atoms with van der Waals surface area (Å²) in [5, 5.41) is 10.9. The number of aryl methyl sites for hydroxylation is 3. The van der Waals surface area contributed by atoms with Gasteiger partial charge in [0.05, 0.1) is 28.3 Å². The van der Waals surface area contributed by atoms with Crippen molar-refractivity contribution in [2.45, 2.75) is 27.2 Å². The summed E-state index contributed by atoms with van der Waals surface area (Å²) in [4.78, 5) is 12.3. The molecule has 0 radical (unpaired) electrons. The summed E-state index contributed by atoms with van der Waals surface area (Å²) in [5.41, 5.74) is 10.1. The van der Waals surface area contributed by atoms with Gasteiger partial charge in [-0.05, 0) is 44.0 Å². The van der Waals surface area contributed by atoms with Crippen LogP contribution in [0.2, 0.25) is 0 Å². The molecule has 0 saturated carbocycles. The first-order valence-electron chi connectivity index (χ1n) is 6.52. The van der Waals surface area contributed by atoms with Crippen molar-refractivity contribution in [3.8, 4) is 0 Å². The van der Waals surface area contributed by atoms with Gasteiger partial charge in [-0.2, -0.15) is 10.2 Å². The third-order valence-electron chi connectivity index (χ3n) is 3.03. The van der Waals surface area contributed by atoms with E-state index in [2.05, 4.69) is 15.5 Å². The number of nitrogen functional groups attached to an aromatic ring is 1. The van der Waals surface area contributed by atoms with Gasteiger partial charge in [0.1, 0.15) is 0 Å². The highest BCUT2D eigenvalue weighted by molar-refractivity contribution is 6.06. The third kappa shape index (κ3) is 2.93. The number of carbonyl (C=O) groups is 1. The SMILES string of the molecule is CCc1nnc(C)cc1C(=O)Nc1ccc(C)cc1N. The van der Waals surface area contributed by atoms with E-state index in [0.29, 0.717) is 34.7 Å². The van der Waals surface area contributed by atoms with E-state index in [1.165, 1.54) is 0 Å². The topological polar surface area (TPSA) is 80.9 Å². The number of aromatic nitrogens is 2. The van der Waals surface area contributed by atoms with Crippen LogP contribution in [0.1, 0.15) is 34.2 Å². The third-order valence-corrected chi connectivity index (χ3v) is 3.03. The molecule has 0 atom stereocenters. The number of rotatable bonds is 3. The Labute approximate surface area is 118 Å². The minimum absolute atomic E-state index is 0.213. The average molecular weight is 270 g/mol. The second kappa shape index (κ2) is 5.69. The summed E-state index contributed by atoms with van der Waals surface area (Å²) in [5.74, 6) is -0.213. The van der Waals surface area contributed by atoms with Gasteiger partial charge in [-0.25, -0.2) is 0 Å². The molecule has 1 amide bonds. The molecule has 0 unspecified atom stereocenters. The molecule has 1 aromatic carbocycles. The highest BCUT2D eigenvalue weighted by atomic mass is 16.1. The molecule has 5 heteroatoms. The molecule has 0 aliphatic heterocycles.